The van der Waals surface area contributed by atoms with Crippen molar-refractivity contribution in [2.45, 2.75) is 76.9 Å². The van der Waals surface area contributed by atoms with Crippen LogP contribution in [0.4, 0.5) is 0 Å². The second-order valence-electron chi connectivity index (χ2n) is 11.9. The minimum atomic E-state index is -0.146. The Bertz CT molecular complexity index is 1400. The van der Waals surface area contributed by atoms with Gasteiger partial charge < -0.3 is 24.9 Å². The molecule has 0 bridgehead atoms. The summed E-state index contributed by atoms with van der Waals surface area (Å²) in [7, 11) is 0. The third-order valence-corrected chi connectivity index (χ3v) is 9.64. The maximum absolute atomic E-state index is 13.6. The van der Waals surface area contributed by atoms with E-state index in [2.05, 4.69) is 53.1 Å². The summed E-state index contributed by atoms with van der Waals surface area (Å²) in [6, 6.07) is 11.0. The number of para-hydroxylation sites is 1. The summed E-state index contributed by atoms with van der Waals surface area (Å²) in [6.45, 7) is 11.5. The summed E-state index contributed by atoms with van der Waals surface area (Å²) in [5.41, 5.74) is 4.36. The molecular weight excluding hydrogens is 508 g/mol. The number of hydrogen-bond acceptors (Lipinski definition) is 5. The molecule has 1 aromatic carbocycles. The second kappa shape index (κ2) is 11.5. The van der Waals surface area contributed by atoms with E-state index in [1.54, 1.807) is 0 Å². The monoisotopic (exact) mass is 550 g/mol. The molecule has 1 unspecified atom stereocenters. The zero-order valence-corrected chi connectivity index (χ0v) is 24.7. The lowest BCUT2D eigenvalue weighted by molar-refractivity contribution is -0.100. The third kappa shape index (κ3) is 5.70. The van der Waals surface area contributed by atoms with Gasteiger partial charge in [0.25, 0.3) is 11.5 Å². The molecule has 0 radical (unpaired) electrons. The Kier molecular flexibility index (Phi) is 8.26. The molecule has 5 rings (SSSR count). The van der Waals surface area contributed by atoms with Crippen LogP contribution in [0.1, 0.15) is 72.9 Å². The van der Waals surface area contributed by atoms with Crippen LogP contribution < -0.4 is 16.2 Å². The summed E-state index contributed by atoms with van der Waals surface area (Å²) < 4.78 is 7.79. The van der Waals surface area contributed by atoms with Crippen LogP contribution in [-0.4, -0.2) is 47.5 Å². The first-order valence-corrected chi connectivity index (χ1v) is 15.4. The molecule has 1 aliphatic carbocycles. The number of nitrogens with zero attached hydrogens (tertiary/aromatic N) is 1. The predicted octanol–water partition coefficient (Wildman–Crippen LogP) is 5.34. The van der Waals surface area contributed by atoms with Gasteiger partial charge in [-0.2, -0.15) is 0 Å². The van der Waals surface area contributed by atoms with Gasteiger partial charge in [0.2, 0.25) is 0 Å². The molecule has 1 aliphatic heterocycles. The van der Waals surface area contributed by atoms with Crippen LogP contribution >= 0.6 is 11.8 Å². The van der Waals surface area contributed by atoms with Crippen LogP contribution in [0.5, 0.6) is 0 Å². The molecule has 1 amide bonds. The fourth-order valence-corrected chi connectivity index (χ4v) is 7.16. The second-order valence-corrected chi connectivity index (χ2v) is 12.7. The van der Waals surface area contributed by atoms with Gasteiger partial charge in [-0.25, -0.2) is 0 Å². The first-order valence-electron chi connectivity index (χ1n) is 14.2. The van der Waals surface area contributed by atoms with Crippen LogP contribution in [0.15, 0.2) is 40.0 Å². The number of benzene rings is 1. The molecule has 2 aromatic heterocycles. The average Bonchev–Trinajstić information content (AvgIpc) is 3.21. The van der Waals surface area contributed by atoms with E-state index in [4.69, 9.17) is 4.74 Å². The molecule has 8 heteroatoms. The van der Waals surface area contributed by atoms with Gasteiger partial charge in [0, 0.05) is 63.3 Å². The van der Waals surface area contributed by atoms with Crippen molar-refractivity contribution >= 4 is 28.6 Å². The van der Waals surface area contributed by atoms with Crippen molar-refractivity contribution in [1.82, 2.24) is 20.2 Å². The largest absolute Gasteiger partial charge is 0.380 e. The summed E-state index contributed by atoms with van der Waals surface area (Å²) >= 11 is 1.52. The maximum Gasteiger partial charge on any atom is 0.254 e. The molecule has 0 spiro atoms. The van der Waals surface area contributed by atoms with Crippen LogP contribution in [0.2, 0.25) is 0 Å². The van der Waals surface area contributed by atoms with E-state index < -0.39 is 0 Å². The SMILES string of the molecule is CSc1cc(C)[nH]c(=O)c1CNC(=O)c1c(C)n(C(C)C2CCC(NCC3(C)COC3)CC2)c2ccccc12. The van der Waals surface area contributed by atoms with Gasteiger partial charge >= 0.3 is 0 Å². The molecular formula is C31H42N4O3S. The number of aromatic amines is 1. The standard InChI is InChI=1S/C31H42N4O3S/c1-19-14-27(39-5)25(29(36)34-19)15-32-30(37)28-21(3)35(26-9-7-6-8-24(26)28)20(2)22-10-12-23(13-11-22)33-16-31(4)17-38-18-31/h6-9,14,20,22-23,33H,10-13,15-18H2,1-5H3,(H,32,37)(H,34,36). The molecule has 1 saturated carbocycles. The molecule has 3 aromatic rings. The molecule has 210 valence electrons. The van der Waals surface area contributed by atoms with Crippen LogP contribution in [0, 0.1) is 25.2 Å². The molecule has 3 heterocycles. The van der Waals surface area contributed by atoms with Gasteiger partial charge in [0.1, 0.15) is 0 Å². The van der Waals surface area contributed by atoms with E-state index in [0.29, 0.717) is 28.5 Å². The summed E-state index contributed by atoms with van der Waals surface area (Å²) in [4.78, 5) is 30.0. The average molecular weight is 551 g/mol. The van der Waals surface area contributed by atoms with Gasteiger partial charge in [-0.1, -0.05) is 25.1 Å². The minimum absolute atomic E-state index is 0.136. The van der Waals surface area contributed by atoms with E-state index in [9.17, 15) is 9.59 Å². The predicted molar refractivity (Wildman–Crippen MR) is 159 cm³/mol. The molecule has 7 nitrogen and oxygen atoms in total. The Labute approximate surface area is 235 Å². The first-order chi connectivity index (χ1) is 18.7. The highest BCUT2D eigenvalue weighted by molar-refractivity contribution is 7.98. The van der Waals surface area contributed by atoms with E-state index in [-0.39, 0.29) is 24.1 Å². The summed E-state index contributed by atoms with van der Waals surface area (Å²) in [5.74, 6) is 0.425. The van der Waals surface area contributed by atoms with Crippen molar-refractivity contribution in [3.05, 3.63) is 63.2 Å². The fraction of sp³-hybridized carbons (Fsp3) is 0.548. The topological polar surface area (TPSA) is 88.2 Å². The number of aromatic nitrogens is 2. The highest BCUT2D eigenvalue weighted by Crippen LogP contribution is 2.38. The Morgan fingerprint density at radius 1 is 1.21 bits per heavy atom. The normalized spacial score (nSPS) is 21.5. The number of thioether (sulfide) groups is 1. The number of carbonyl (C=O) groups excluding carboxylic acids is 1. The number of aryl methyl sites for hydroxylation is 1. The number of rotatable bonds is 9. The van der Waals surface area contributed by atoms with Gasteiger partial charge in [0.15, 0.2) is 0 Å². The number of ether oxygens (including phenoxy) is 1. The third-order valence-electron chi connectivity index (χ3n) is 8.84. The van der Waals surface area contributed by atoms with Gasteiger partial charge in [0.05, 0.1) is 18.8 Å². The minimum Gasteiger partial charge on any atom is -0.380 e. The van der Waals surface area contributed by atoms with E-state index >= 15 is 0 Å². The molecule has 1 atom stereocenters. The molecule has 3 N–H and O–H groups in total. The number of fused-ring (bicyclic) bond motifs is 1. The van der Waals surface area contributed by atoms with Crippen molar-refractivity contribution in [2.75, 3.05) is 26.0 Å². The van der Waals surface area contributed by atoms with E-state index in [1.165, 1.54) is 37.4 Å². The van der Waals surface area contributed by atoms with Crippen molar-refractivity contribution in [3.8, 4) is 0 Å². The Morgan fingerprint density at radius 2 is 1.92 bits per heavy atom. The quantitative estimate of drug-likeness (QED) is 0.313. The van der Waals surface area contributed by atoms with Crippen molar-refractivity contribution < 1.29 is 9.53 Å². The maximum atomic E-state index is 13.6. The number of hydrogen-bond donors (Lipinski definition) is 3. The Morgan fingerprint density at radius 3 is 2.59 bits per heavy atom. The number of nitrogens with one attached hydrogen (secondary N) is 3. The lowest BCUT2D eigenvalue weighted by Gasteiger charge is -2.40. The van der Waals surface area contributed by atoms with Crippen molar-refractivity contribution in [2.24, 2.45) is 11.3 Å². The highest BCUT2D eigenvalue weighted by Gasteiger charge is 2.35. The molecule has 2 fully saturated rings. The Balaban J connectivity index is 1.32. The van der Waals surface area contributed by atoms with E-state index in [0.717, 1.165) is 46.9 Å². The van der Waals surface area contributed by atoms with Crippen LogP contribution in [0.25, 0.3) is 10.9 Å². The number of pyridine rings is 1. The summed E-state index contributed by atoms with van der Waals surface area (Å²) in [5, 5.41) is 7.82. The molecule has 2 aliphatic rings. The number of H-pyrrole nitrogens is 1. The zero-order valence-electron chi connectivity index (χ0n) is 23.9. The Hall–Kier alpha value is -2.55. The van der Waals surface area contributed by atoms with Gasteiger partial charge in [-0.3, -0.25) is 9.59 Å². The number of amides is 1. The van der Waals surface area contributed by atoms with E-state index in [1.807, 2.05) is 31.4 Å². The first kappa shape index (κ1) is 28.0. The van der Waals surface area contributed by atoms with Gasteiger partial charge in [-0.15, -0.1) is 11.8 Å². The zero-order chi connectivity index (χ0) is 27.7. The molecule has 39 heavy (non-hydrogen) atoms. The number of carbonyl (C=O) groups is 1. The van der Waals surface area contributed by atoms with Crippen molar-refractivity contribution in [3.63, 3.8) is 0 Å². The highest BCUT2D eigenvalue weighted by atomic mass is 32.2. The molecule has 1 saturated heterocycles. The van der Waals surface area contributed by atoms with Crippen LogP contribution in [0.3, 0.4) is 0 Å². The fourth-order valence-electron chi connectivity index (χ4n) is 6.46. The summed E-state index contributed by atoms with van der Waals surface area (Å²) in [6.07, 6.45) is 6.66. The van der Waals surface area contributed by atoms with Crippen LogP contribution in [-0.2, 0) is 11.3 Å². The lowest BCUT2D eigenvalue weighted by atomic mass is 9.81. The smallest absolute Gasteiger partial charge is 0.254 e. The van der Waals surface area contributed by atoms with Crippen molar-refractivity contribution in [1.29, 1.82) is 0 Å². The lowest BCUT2D eigenvalue weighted by Crippen LogP contribution is -2.50. The van der Waals surface area contributed by atoms with Gasteiger partial charge in [-0.05, 0) is 70.8 Å².